The Labute approximate surface area is 171 Å². The molecule has 0 unspecified atom stereocenters. The maximum absolute atomic E-state index is 12.8. The maximum atomic E-state index is 12.8. The molecular formula is C21H31NO7. The van der Waals surface area contributed by atoms with E-state index in [1.807, 2.05) is 30.3 Å². The molecule has 1 rings (SSSR count). The molecule has 0 spiro atoms. The Morgan fingerprint density at radius 1 is 1.14 bits per heavy atom. The summed E-state index contributed by atoms with van der Waals surface area (Å²) in [5.74, 6) is -1.77. The average molecular weight is 409 g/mol. The van der Waals surface area contributed by atoms with Crippen molar-refractivity contribution < 1.29 is 33.7 Å². The van der Waals surface area contributed by atoms with Gasteiger partial charge in [-0.1, -0.05) is 30.3 Å². The lowest BCUT2D eigenvalue weighted by molar-refractivity contribution is -0.155. The van der Waals surface area contributed by atoms with Crippen LogP contribution in [0.15, 0.2) is 30.3 Å². The van der Waals surface area contributed by atoms with Gasteiger partial charge in [-0.3, -0.25) is 4.79 Å². The van der Waals surface area contributed by atoms with Crippen LogP contribution in [-0.4, -0.2) is 54.6 Å². The molecule has 1 aromatic rings. The molecule has 0 fully saturated rings. The average Bonchev–Trinajstić information content (AvgIpc) is 2.60. The van der Waals surface area contributed by atoms with E-state index in [4.69, 9.17) is 19.3 Å². The molecule has 162 valence electrons. The summed E-state index contributed by atoms with van der Waals surface area (Å²) in [6.45, 7) is 5.58. The van der Waals surface area contributed by atoms with Gasteiger partial charge in [-0.25, -0.2) is 9.59 Å². The Bertz CT molecular complexity index is 655. The number of esters is 1. The van der Waals surface area contributed by atoms with E-state index in [0.29, 0.717) is 19.4 Å². The smallest absolute Gasteiger partial charge is 0.408 e. The number of carbonyl (C=O) groups is 3. The highest BCUT2D eigenvalue weighted by atomic mass is 16.6. The van der Waals surface area contributed by atoms with Gasteiger partial charge in [0.1, 0.15) is 17.7 Å². The zero-order valence-electron chi connectivity index (χ0n) is 17.5. The van der Waals surface area contributed by atoms with Crippen LogP contribution >= 0.6 is 0 Å². The van der Waals surface area contributed by atoms with Crippen LogP contribution in [0, 0.1) is 0 Å². The molecule has 8 nitrogen and oxygen atoms in total. The SMILES string of the molecule is COCCC[C@H](CC(=O)O)OC(=O)[C@@H](Cc1ccccc1)NC(=O)OC(C)(C)C. The first kappa shape index (κ1) is 24.4. The van der Waals surface area contributed by atoms with E-state index in [2.05, 4.69) is 5.32 Å². The number of alkyl carbamates (subject to hydrolysis) is 1. The Balaban J connectivity index is 2.88. The van der Waals surface area contributed by atoms with E-state index < -0.39 is 35.8 Å². The van der Waals surface area contributed by atoms with Crippen LogP contribution in [0.3, 0.4) is 0 Å². The number of carboxylic acids is 1. The molecule has 0 aliphatic heterocycles. The standard InChI is InChI=1S/C21H31NO7/c1-21(2,3)29-20(26)22-17(13-15-9-6-5-7-10-15)19(25)28-16(14-18(23)24)11-8-12-27-4/h5-7,9-10,16-17H,8,11-14H2,1-4H3,(H,22,26)(H,23,24)/t16-,17-/m1/s1. The van der Waals surface area contributed by atoms with Gasteiger partial charge in [-0.15, -0.1) is 0 Å². The minimum absolute atomic E-state index is 0.191. The monoisotopic (exact) mass is 409 g/mol. The number of hydrogen-bond donors (Lipinski definition) is 2. The zero-order valence-corrected chi connectivity index (χ0v) is 17.5. The van der Waals surface area contributed by atoms with E-state index >= 15 is 0 Å². The second kappa shape index (κ2) is 12.1. The van der Waals surface area contributed by atoms with E-state index in [1.165, 1.54) is 0 Å². The lowest BCUT2D eigenvalue weighted by Gasteiger charge is -2.24. The van der Waals surface area contributed by atoms with Crippen molar-refractivity contribution in [3.05, 3.63) is 35.9 Å². The zero-order chi connectivity index (χ0) is 21.9. The molecule has 0 aromatic heterocycles. The highest BCUT2D eigenvalue weighted by Gasteiger charge is 2.28. The second-order valence-electron chi connectivity index (χ2n) is 7.68. The maximum Gasteiger partial charge on any atom is 0.408 e. The number of carboxylic acid groups (broad SMARTS) is 1. The lowest BCUT2D eigenvalue weighted by Crippen LogP contribution is -2.46. The quantitative estimate of drug-likeness (QED) is 0.427. The topological polar surface area (TPSA) is 111 Å². The molecule has 2 atom stereocenters. The molecule has 0 saturated heterocycles. The van der Waals surface area contributed by atoms with Gasteiger partial charge in [0.2, 0.25) is 0 Å². The third-order valence-electron chi connectivity index (χ3n) is 3.82. The molecule has 2 N–H and O–H groups in total. The van der Waals surface area contributed by atoms with Crippen molar-refractivity contribution in [1.82, 2.24) is 5.32 Å². The third-order valence-corrected chi connectivity index (χ3v) is 3.82. The van der Waals surface area contributed by atoms with Crippen LogP contribution in [0.4, 0.5) is 4.79 Å². The summed E-state index contributed by atoms with van der Waals surface area (Å²) in [4.78, 5) is 36.0. The predicted octanol–water partition coefficient (Wildman–Crippen LogP) is 2.94. The highest BCUT2D eigenvalue weighted by Crippen LogP contribution is 2.13. The van der Waals surface area contributed by atoms with Gasteiger partial charge in [-0.05, 0) is 39.2 Å². The minimum Gasteiger partial charge on any atom is -0.481 e. The van der Waals surface area contributed by atoms with Crippen LogP contribution in [0.2, 0.25) is 0 Å². The second-order valence-corrected chi connectivity index (χ2v) is 7.68. The number of hydrogen-bond acceptors (Lipinski definition) is 6. The van der Waals surface area contributed by atoms with Gasteiger partial charge in [0, 0.05) is 20.1 Å². The molecule has 1 amide bonds. The van der Waals surface area contributed by atoms with Crippen molar-refractivity contribution in [2.45, 2.75) is 64.2 Å². The van der Waals surface area contributed by atoms with Crippen LogP contribution in [0.1, 0.15) is 45.6 Å². The van der Waals surface area contributed by atoms with Gasteiger partial charge in [0.15, 0.2) is 0 Å². The van der Waals surface area contributed by atoms with Crippen LogP contribution in [0.5, 0.6) is 0 Å². The van der Waals surface area contributed by atoms with Crippen molar-refractivity contribution in [3.63, 3.8) is 0 Å². The first-order valence-electron chi connectivity index (χ1n) is 9.55. The Hall–Kier alpha value is -2.61. The largest absolute Gasteiger partial charge is 0.481 e. The molecule has 0 radical (unpaired) electrons. The van der Waals surface area contributed by atoms with Crippen molar-refractivity contribution in [2.75, 3.05) is 13.7 Å². The fourth-order valence-corrected chi connectivity index (χ4v) is 2.59. The van der Waals surface area contributed by atoms with Crippen molar-refractivity contribution in [2.24, 2.45) is 0 Å². The Morgan fingerprint density at radius 3 is 2.34 bits per heavy atom. The number of carbonyl (C=O) groups excluding carboxylic acids is 2. The Kier molecular flexibility index (Phi) is 10.2. The summed E-state index contributed by atoms with van der Waals surface area (Å²) >= 11 is 0. The minimum atomic E-state index is -1.07. The number of methoxy groups -OCH3 is 1. The van der Waals surface area contributed by atoms with Gasteiger partial charge in [0.05, 0.1) is 6.42 Å². The van der Waals surface area contributed by atoms with Gasteiger partial charge < -0.3 is 24.6 Å². The predicted molar refractivity (Wildman–Crippen MR) is 107 cm³/mol. The highest BCUT2D eigenvalue weighted by molar-refractivity contribution is 5.82. The summed E-state index contributed by atoms with van der Waals surface area (Å²) < 4.78 is 15.6. The summed E-state index contributed by atoms with van der Waals surface area (Å²) in [7, 11) is 1.54. The lowest BCUT2D eigenvalue weighted by atomic mass is 10.1. The molecule has 0 aliphatic rings. The molecule has 0 saturated carbocycles. The first-order chi connectivity index (χ1) is 13.6. The molecule has 1 aromatic carbocycles. The molecule has 0 aliphatic carbocycles. The molecule has 29 heavy (non-hydrogen) atoms. The van der Waals surface area contributed by atoms with E-state index in [1.54, 1.807) is 27.9 Å². The Morgan fingerprint density at radius 2 is 1.79 bits per heavy atom. The molecule has 0 heterocycles. The number of rotatable bonds is 11. The fraction of sp³-hybridized carbons (Fsp3) is 0.571. The van der Waals surface area contributed by atoms with E-state index in [9.17, 15) is 14.4 Å². The number of nitrogens with one attached hydrogen (secondary N) is 1. The number of amides is 1. The van der Waals surface area contributed by atoms with Crippen molar-refractivity contribution >= 4 is 18.0 Å². The summed E-state index contributed by atoms with van der Waals surface area (Å²) in [6, 6.07) is 8.13. The number of ether oxygens (including phenoxy) is 3. The van der Waals surface area contributed by atoms with Crippen LogP contribution < -0.4 is 5.32 Å². The number of benzene rings is 1. The van der Waals surface area contributed by atoms with Gasteiger partial charge in [0.25, 0.3) is 0 Å². The van der Waals surface area contributed by atoms with E-state index in [-0.39, 0.29) is 12.8 Å². The molecular weight excluding hydrogens is 378 g/mol. The molecule has 8 heteroatoms. The van der Waals surface area contributed by atoms with Crippen LogP contribution in [0.25, 0.3) is 0 Å². The summed E-state index contributed by atoms with van der Waals surface area (Å²) in [6.07, 6.45) is -0.795. The summed E-state index contributed by atoms with van der Waals surface area (Å²) in [5.41, 5.74) is 0.0942. The van der Waals surface area contributed by atoms with Crippen molar-refractivity contribution in [1.29, 1.82) is 0 Å². The number of aliphatic carboxylic acids is 1. The van der Waals surface area contributed by atoms with Crippen molar-refractivity contribution in [3.8, 4) is 0 Å². The first-order valence-corrected chi connectivity index (χ1v) is 9.55. The van der Waals surface area contributed by atoms with Gasteiger partial charge >= 0.3 is 18.0 Å². The van der Waals surface area contributed by atoms with E-state index in [0.717, 1.165) is 5.56 Å². The summed E-state index contributed by atoms with van der Waals surface area (Å²) in [5, 5.41) is 11.6. The van der Waals surface area contributed by atoms with Gasteiger partial charge in [-0.2, -0.15) is 0 Å². The normalized spacial score (nSPS) is 13.2. The fourth-order valence-electron chi connectivity index (χ4n) is 2.59. The third kappa shape index (κ3) is 11.1. The molecule has 0 bridgehead atoms. The van der Waals surface area contributed by atoms with Crippen LogP contribution in [-0.2, 0) is 30.2 Å².